The summed E-state index contributed by atoms with van der Waals surface area (Å²) in [5.41, 5.74) is 5.05. The number of alkyl halides is 3. The average Bonchev–Trinajstić information content (AvgIpc) is 2.40. The largest absolute Gasteiger partial charge is 0.416 e. The third-order valence-corrected chi connectivity index (χ3v) is 3.63. The molecule has 2 aromatic rings. The van der Waals surface area contributed by atoms with Crippen LogP contribution in [0.15, 0.2) is 22.7 Å². The number of nitrogens with two attached hydrogens (primary N) is 1. The van der Waals surface area contributed by atoms with Gasteiger partial charge >= 0.3 is 6.18 Å². The lowest BCUT2D eigenvalue weighted by molar-refractivity contribution is -0.137. The zero-order valence-corrected chi connectivity index (χ0v) is 12.4. The lowest BCUT2D eigenvalue weighted by Crippen LogP contribution is -2.07. The summed E-state index contributed by atoms with van der Waals surface area (Å²) in [6.07, 6.45) is -4.15. The molecule has 0 aliphatic heterocycles. The van der Waals surface area contributed by atoms with Crippen LogP contribution in [0.25, 0.3) is 11.4 Å². The predicted molar refractivity (Wildman–Crippen MR) is 73.9 cm³/mol. The molecule has 3 nitrogen and oxygen atoms in total. The quantitative estimate of drug-likeness (QED) is 0.813. The van der Waals surface area contributed by atoms with Crippen LogP contribution in [0, 0.1) is 5.82 Å². The number of hydrogen-bond acceptors (Lipinski definition) is 3. The van der Waals surface area contributed by atoms with Gasteiger partial charge in [-0.1, -0.05) is 6.92 Å². The van der Waals surface area contributed by atoms with Crippen molar-refractivity contribution in [1.82, 2.24) is 9.97 Å². The van der Waals surface area contributed by atoms with Gasteiger partial charge in [0.15, 0.2) is 5.82 Å². The van der Waals surface area contributed by atoms with E-state index < -0.39 is 17.6 Å². The van der Waals surface area contributed by atoms with Crippen LogP contribution < -0.4 is 5.73 Å². The van der Waals surface area contributed by atoms with Crippen molar-refractivity contribution in [3.05, 3.63) is 39.7 Å². The highest BCUT2D eigenvalue weighted by Gasteiger charge is 2.31. The van der Waals surface area contributed by atoms with Crippen LogP contribution >= 0.6 is 15.9 Å². The van der Waals surface area contributed by atoms with Crippen LogP contribution in [-0.4, -0.2) is 9.97 Å². The number of nitrogen functional groups attached to an aromatic ring is 1. The first kappa shape index (κ1) is 15.7. The molecule has 2 N–H and O–H groups in total. The normalized spacial score (nSPS) is 11.7. The van der Waals surface area contributed by atoms with E-state index in [1.165, 1.54) is 0 Å². The molecule has 8 heteroatoms. The van der Waals surface area contributed by atoms with Gasteiger partial charge in [0.2, 0.25) is 0 Å². The van der Waals surface area contributed by atoms with Crippen LogP contribution in [0.5, 0.6) is 0 Å². The van der Waals surface area contributed by atoms with Crippen molar-refractivity contribution < 1.29 is 17.6 Å². The Morgan fingerprint density at radius 3 is 2.43 bits per heavy atom. The molecular formula is C13H10BrF4N3. The maximum atomic E-state index is 13.4. The zero-order valence-electron chi connectivity index (χ0n) is 10.8. The molecule has 2 rings (SSSR count). The molecule has 1 aromatic heterocycles. The van der Waals surface area contributed by atoms with Gasteiger partial charge in [-0.25, -0.2) is 14.4 Å². The van der Waals surface area contributed by atoms with Crippen molar-refractivity contribution in [3.8, 4) is 11.4 Å². The number of aryl methyl sites for hydroxylation is 1. The first-order valence-corrected chi connectivity index (χ1v) is 6.71. The smallest absolute Gasteiger partial charge is 0.383 e. The van der Waals surface area contributed by atoms with Crippen molar-refractivity contribution in [2.75, 3.05) is 5.73 Å². The molecule has 0 amide bonds. The number of nitrogens with zero attached hydrogens (tertiary/aromatic N) is 2. The summed E-state index contributed by atoms with van der Waals surface area (Å²) in [5, 5.41) is 0. The number of halogens is 5. The van der Waals surface area contributed by atoms with E-state index in [0.29, 0.717) is 22.7 Å². The maximum Gasteiger partial charge on any atom is 0.416 e. The lowest BCUT2D eigenvalue weighted by Gasteiger charge is -2.11. The summed E-state index contributed by atoms with van der Waals surface area (Å²) in [7, 11) is 0. The summed E-state index contributed by atoms with van der Waals surface area (Å²) in [6.45, 7) is 1.81. The molecule has 0 aliphatic rings. The van der Waals surface area contributed by atoms with Crippen LogP contribution in [0.4, 0.5) is 23.4 Å². The molecule has 0 unspecified atom stereocenters. The monoisotopic (exact) mass is 363 g/mol. The Labute approximate surface area is 126 Å². The average molecular weight is 364 g/mol. The van der Waals surface area contributed by atoms with Crippen LogP contribution in [0.1, 0.15) is 18.2 Å². The van der Waals surface area contributed by atoms with Crippen LogP contribution in [-0.2, 0) is 12.6 Å². The van der Waals surface area contributed by atoms with Crippen molar-refractivity contribution in [1.29, 1.82) is 0 Å². The van der Waals surface area contributed by atoms with Crippen molar-refractivity contribution in [2.45, 2.75) is 19.5 Å². The molecule has 112 valence electrons. The van der Waals surface area contributed by atoms with Gasteiger partial charge in [0.1, 0.15) is 11.6 Å². The third-order valence-electron chi connectivity index (χ3n) is 2.76. The van der Waals surface area contributed by atoms with E-state index in [9.17, 15) is 17.6 Å². The van der Waals surface area contributed by atoms with E-state index in [2.05, 4.69) is 25.9 Å². The molecule has 1 aromatic carbocycles. The van der Waals surface area contributed by atoms with Crippen molar-refractivity contribution in [3.63, 3.8) is 0 Å². The summed E-state index contributed by atoms with van der Waals surface area (Å²) >= 11 is 3.20. The molecule has 1 heterocycles. The minimum absolute atomic E-state index is 0.0439. The number of hydrogen-bond donors (Lipinski definition) is 1. The third kappa shape index (κ3) is 3.31. The number of rotatable bonds is 2. The Morgan fingerprint density at radius 1 is 1.19 bits per heavy atom. The molecular weight excluding hydrogens is 354 g/mol. The molecule has 0 atom stereocenters. The van der Waals surface area contributed by atoms with E-state index >= 15 is 0 Å². The fourth-order valence-electron chi connectivity index (χ4n) is 1.76. The summed E-state index contributed by atoms with van der Waals surface area (Å²) < 4.78 is 52.0. The minimum atomic E-state index is -4.65. The van der Waals surface area contributed by atoms with E-state index in [4.69, 9.17) is 5.73 Å². The Kier molecular flexibility index (Phi) is 4.18. The first-order chi connectivity index (χ1) is 9.72. The SMILES string of the molecule is CCc1nc(-c2cc(F)cc(C(F)(F)F)c2)nc(N)c1Br. The van der Waals surface area contributed by atoms with Gasteiger partial charge in [-0.05, 0) is 40.5 Å². The molecule has 0 bridgehead atoms. The van der Waals surface area contributed by atoms with Crippen LogP contribution in [0.3, 0.4) is 0 Å². The van der Waals surface area contributed by atoms with Gasteiger partial charge in [-0.2, -0.15) is 13.2 Å². The predicted octanol–water partition coefficient (Wildman–Crippen LogP) is 4.21. The minimum Gasteiger partial charge on any atom is -0.383 e. The summed E-state index contributed by atoms with van der Waals surface area (Å²) in [5.74, 6) is -0.963. The Morgan fingerprint density at radius 2 is 1.86 bits per heavy atom. The molecule has 21 heavy (non-hydrogen) atoms. The van der Waals surface area contributed by atoms with Gasteiger partial charge in [0.05, 0.1) is 15.7 Å². The van der Waals surface area contributed by atoms with Crippen LogP contribution in [0.2, 0.25) is 0 Å². The topological polar surface area (TPSA) is 51.8 Å². The van der Waals surface area contributed by atoms with Gasteiger partial charge in [0, 0.05) is 5.56 Å². The van der Waals surface area contributed by atoms with Crippen molar-refractivity contribution in [2.24, 2.45) is 0 Å². The van der Waals surface area contributed by atoms with E-state index in [0.717, 1.165) is 12.1 Å². The summed E-state index contributed by atoms with van der Waals surface area (Å²) in [4.78, 5) is 8.02. The second kappa shape index (κ2) is 5.59. The molecule has 0 radical (unpaired) electrons. The van der Waals surface area contributed by atoms with Gasteiger partial charge in [-0.15, -0.1) is 0 Å². The molecule has 0 saturated carbocycles. The molecule has 0 spiro atoms. The lowest BCUT2D eigenvalue weighted by atomic mass is 10.1. The number of anilines is 1. The maximum absolute atomic E-state index is 13.4. The highest BCUT2D eigenvalue weighted by atomic mass is 79.9. The second-order valence-electron chi connectivity index (χ2n) is 4.27. The zero-order chi connectivity index (χ0) is 15.8. The standard InChI is InChI=1S/C13H10BrF4N3/c1-2-9-10(14)11(19)21-12(20-9)6-3-7(13(16,17)18)5-8(15)4-6/h3-5H,2H2,1H3,(H2,19,20,21). The number of benzene rings is 1. The number of aromatic nitrogens is 2. The molecule has 0 fully saturated rings. The van der Waals surface area contributed by atoms with Gasteiger partial charge < -0.3 is 5.73 Å². The fraction of sp³-hybridized carbons (Fsp3) is 0.231. The summed E-state index contributed by atoms with van der Waals surface area (Å²) in [6, 6.07) is 2.16. The van der Waals surface area contributed by atoms with E-state index in [-0.39, 0.29) is 17.2 Å². The highest BCUT2D eigenvalue weighted by molar-refractivity contribution is 9.10. The van der Waals surface area contributed by atoms with E-state index in [1.807, 2.05) is 6.92 Å². The van der Waals surface area contributed by atoms with E-state index in [1.54, 1.807) is 0 Å². The van der Waals surface area contributed by atoms with Gasteiger partial charge in [-0.3, -0.25) is 0 Å². The molecule has 0 aliphatic carbocycles. The Balaban J connectivity index is 2.62. The van der Waals surface area contributed by atoms with Gasteiger partial charge in [0.25, 0.3) is 0 Å². The fourth-order valence-corrected chi connectivity index (χ4v) is 2.22. The first-order valence-electron chi connectivity index (χ1n) is 5.92. The Hall–Kier alpha value is -1.70. The second-order valence-corrected chi connectivity index (χ2v) is 5.07. The van der Waals surface area contributed by atoms with Crippen molar-refractivity contribution >= 4 is 21.7 Å². The molecule has 0 saturated heterocycles. The Bertz CT molecular complexity index is 686. The highest BCUT2D eigenvalue weighted by Crippen LogP contribution is 2.33.